The van der Waals surface area contributed by atoms with Gasteiger partial charge in [-0.3, -0.25) is 4.98 Å². The van der Waals surface area contributed by atoms with Crippen molar-refractivity contribution in [3.05, 3.63) is 18.5 Å². The van der Waals surface area contributed by atoms with Gasteiger partial charge in [0.2, 0.25) is 0 Å². The molecule has 1 rings (SSSR count). The Hall–Kier alpha value is -1.29. The summed E-state index contributed by atoms with van der Waals surface area (Å²) in [6, 6.07) is 2.06. The Morgan fingerprint density at radius 3 is 2.47 bits per heavy atom. The zero-order valence-corrected chi connectivity index (χ0v) is 10.7. The van der Waals surface area contributed by atoms with Crippen LogP contribution in [0, 0.1) is 0 Å². The van der Waals surface area contributed by atoms with Gasteiger partial charge >= 0.3 is 0 Å². The van der Waals surface area contributed by atoms with Crippen molar-refractivity contribution in [2.45, 2.75) is 39.2 Å². The van der Waals surface area contributed by atoms with Crippen LogP contribution in [0.25, 0.3) is 0 Å². The van der Waals surface area contributed by atoms with E-state index in [1.54, 1.807) is 0 Å². The lowest BCUT2D eigenvalue weighted by atomic mass is 10.2. The molecule has 0 spiro atoms. The van der Waals surface area contributed by atoms with E-state index in [-0.39, 0.29) is 6.10 Å². The summed E-state index contributed by atoms with van der Waals surface area (Å²) in [6.07, 6.45) is 6.33. The second-order valence-electron chi connectivity index (χ2n) is 4.31. The van der Waals surface area contributed by atoms with Crippen molar-refractivity contribution in [3.63, 3.8) is 0 Å². The molecule has 0 aliphatic carbocycles. The second kappa shape index (κ2) is 7.90. The first-order valence-electron chi connectivity index (χ1n) is 6.33. The third-order valence-corrected chi connectivity index (χ3v) is 2.45. The highest BCUT2D eigenvalue weighted by atomic mass is 16.3. The quantitative estimate of drug-likeness (QED) is 0.608. The standard InChI is InChI=1S/C13H23N3O/c1-3-6-15-12-8-13(10-14-9-12)16-7-4-5-11(2)17/h8-11,15-17H,3-7H2,1-2H3. The van der Waals surface area contributed by atoms with Gasteiger partial charge in [-0.25, -0.2) is 0 Å². The SMILES string of the molecule is CCCNc1cncc(NCCCC(C)O)c1. The molecule has 1 heterocycles. The van der Waals surface area contributed by atoms with Gasteiger partial charge in [0.15, 0.2) is 0 Å². The average Bonchev–Trinajstić information content (AvgIpc) is 2.32. The van der Waals surface area contributed by atoms with Crippen molar-refractivity contribution >= 4 is 11.4 Å². The molecule has 1 atom stereocenters. The number of anilines is 2. The highest BCUT2D eigenvalue weighted by Gasteiger charge is 1.97. The number of pyridine rings is 1. The summed E-state index contributed by atoms with van der Waals surface area (Å²) in [6.45, 7) is 5.78. The summed E-state index contributed by atoms with van der Waals surface area (Å²) in [5.41, 5.74) is 2.07. The third kappa shape index (κ3) is 6.12. The zero-order valence-electron chi connectivity index (χ0n) is 10.7. The molecular formula is C13H23N3O. The number of nitrogens with zero attached hydrogens (tertiary/aromatic N) is 1. The summed E-state index contributed by atoms with van der Waals surface area (Å²) in [5.74, 6) is 0. The minimum atomic E-state index is -0.215. The van der Waals surface area contributed by atoms with Crippen molar-refractivity contribution in [1.82, 2.24) is 4.98 Å². The van der Waals surface area contributed by atoms with E-state index in [1.165, 1.54) is 0 Å². The number of hydrogen-bond donors (Lipinski definition) is 3. The zero-order chi connectivity index (χ0) is 12.5. The average molecular weight is 237 g/mol. The molecule has 96 valence electrons. The van der Waals surface area contributed by atoms with E-state index in [1.807, 2.05) is 19.3 Å². The van der Waals surface area contributed by atoms with Crippen LogP contribution < -0.4 is 10.6 Å². The monoisotopic (exact) mass is 237 g/mol. The summed E-state index contributed by atoms with van der Waals surface area (Å²) < 4.78 is 0. The number of aliphatic hydroxyl groups is 1. The lowest BCUT2D eigenvalue weighted by Crippen LogP contribution is -2.07. The fourth-order valence-corrected chi connectivity index (χ4v) is 1.53. The molecule has 0 aliphatic rings. The summed E-state index contributed by atoms with van der Waals surface area (Å²) in [4.78, 5) is 4.18. The Balaban J connectivity index is 2.32. The number of aliphatic hydroxyl groups excluding tert-OH is 1. The van der Waals surface area contributed by atoms with Crippen LogP contribution in [0.4, 0.5) is 11.4 Å². The maximum absolute atomic E-state index is 9.14. The molecule has 0 aromatic carbocycles. The van der Waals surface area contributed by atoms with E-state index in [0.717, 1.165) is 43.7 Å². The summed E-state index contributed by atoms with van der Waals surface area (Å²) in [7, 11) is 0. The van der Waals surface area contributed by atoms with Crippen molar-refractivity contribution < 1.29 is 5.11 Å². The molecule has 1 aromatic rings. The van der Waals surface area contributed by atoms with Gasteiger partial charge in [0.25, 0.3) is 0 Å². The van der Waals surface area contributed by atoms with Gasteiger partial charge in [-0.1, -0.05) is 6.92 Å². The Kier molecular flexibility index (Phi) is 6.40. The predicted octanol–water partition coefficient (Wildman–Crippen LogP) is 2.48. The van der Waals surface area contributed by atoms with Crippen molar-refractivity contribution in [3.8, 4) is 0 Å². The molecule has 3 N–H and O–H groups in total. The van der Waals surface area contributed by atoms with E-state index >= 15 is 0 Å². The first kappa shape index (κ1) is 13.8. The molecule has 0 aliphatic heterocycles. The van der Waals surface area contributed by atoms with Crippen LogP contribution in [-0.2, 0) is 0 Å². The summed E-state index contributed by atoms with van der Waals surface area (Å²) >= 11 is 0. The number of rotatable bonds is 8. The molecule has 17 heavy (non-hydrogen) atoms. The van der Waals surface area contributed by atoms with Gasteiger partial charge in [-0.15, -0.1) is 0 Å². The smallest absolute Gasteiger partial charge is 0.0547 e. The first-order valence-corrected chi connectivity index (χ1v) is 6.33. The maximum atomic E-state index is 9.14. The number of aromatic nitrogens is 1. The molecule has 1 aromatic heterocycles. The highest BCUT2D eigenvalue weighted by Crippen LogP contribution is 2.13. The van der Waals surface area contributed by atoms with E-state index in [4.69, 9.17) is 5.11 Å². The lowest BCUT2D eigenvalue weighted by molar-refractivity contribution is 0.183. The molecule has 1 unspecified atom stereocenters. The van der Waals surface area contributed by atoms with E-state index in [2.05, 4.69) is 28.6 Å². The molecule has 4 heteroatoms. The Labute approximate surface area is 103 Å². The van der Waals surface area contributed by atoms with E-state index in [9.17, 15) is 0 Å². The lowest BCUT2D eigenvalue weighted by Gasteiger charge is -2.09. The van der Waals surface area contributed by atoms with Crippen molar-refractivity contribution in [2.24, 2.45) is 0 Å². The molecule has 0 amide bonds. The van der Waals surface area contributed by atoms with Crippen molar-refractivity contribution in [2.75, 3.05) is 23.7 Å². The number of hydrogen-bond acceptors (Lipinski definition) is 4. The van der Waals surface area contributed by atoms with Gasteiger partial charge < -0.3 is 15.7 Å². The van der Waals surface area contributed by atoms with E-state index < -0.39 is 0 Å². The molecular weight excluding hydrogens is 214 g/mol. The Morgan fingerprint density at radius 1 is 1.24 bits per heavy atom. The topological polar surface area (TPSA) is 57.2 Å². The minimum absolute atomic E-state index is 0.215. The molecule has 0 bridgehead atoms. The van der Waals surface area contributed by atoms with Gasteiger partial charge in [0.1, 0.15) is 0 Å². The van der Waals surface area contributed by atoms with Crippen LogP contribution in [-0.4, -0.2) is 29.3 Å². The molecule has 4 nitrogen and oxygen atoms in total. The van der Waals surface area contributed by atoms with Crippen LogP contribution in [0.5, 0.6) is 0 Å². The van der Waals surface area contributed by atoms with E-state index in [0.29, 0.717) is 0 Å². The van der Waals surface area contributed by atoms with Crippen molar-refractivity contribution in [1.29, 1.82) is 0 Å². The largest absolute Gasteiger partial charge is 0.393 e. The van der Waals surface area contributed by atoms with Gasteiger partial charge in [0.05, 0.1) is 29.9 Å². The number of nitrogens with one attached hydrogen (secondary N) is 2. The predicted molar refractivity (Wildman–Crippen MR) is 72.4 cm³/mol. The minimum Gasteiger partial charge on any atom is -0.393 e. The Bertz CT molecular complexity index is 315. The van der Waals surface area contributed by atoms with Crippen LogP contribution >= 0.6 is 0 Å². The third-order valence-electron chi connectivity index (χ3n) is 2.45. The first-order chi connectivity index (χ1) is 8.22. The van der Waals surface area contributed by atoms with Gasteiger partial charge in [-0.05, 0) is 32.3 Å². The van der Waals surface area contributed by atoms with Crippen LogP contribution in [0.1, 0.15) is 33.1 Å². The fourth-order valence-electron chi connectivity index (χ4n) is 1.53. The summed E-state index contributed by atoms with van der Waals surface area (Å²) in [5, 5.41) is 15.7. The molecule has 0 radical (unpaired) electrons. The van der Waals surface area contributed by atoms with Crippen LogP contribution in [0.3, 0.4) is 0 Å². The molecule has 0 saturated carbocycles. The van der Waals surface area contributed by atoms with Crippen LogP contribution in [0.2, 0.25) is 0 Å². The van der Waals surface area contributed by atoms with Gasteiger partial charge in [-0.2, -0.15) is 0 Å². The Morgan fingerprint density at radius 2 is 1.88 bits per heavy atom. The normalized spacial score (nSPS) is 12.2. The second-order valence-corrected chi connectivity index (χ2v) is 4.31. The highest BCUT2D eigenvalue weighted by molar-refractivity contribution is 5.53. The van der Waals surface area contributed by atoms with Gasteiger partial charge in [0, 0.05) is 13.1 Å². The maximum Gasteiger partial charge on any atom is 0.0547 e. The van der Waals surface area contributed by atoms with Crippen LogP contribution in [0.15, 0.2) is 18.5 Å². The molecule has 0 fully saturated rings. The fraction of sp³-hybridized carbons (Fsp3) is 0.615. The molecule has 0 saturated heterocycles.